The molecule has 176 valence electrons. The summed E-state index contributed by atoms with van der Waals surface area (Å²) in [6.45, 7) is 6.21. The average Bonchev–Trinajstić information content (AvgIpc) is 3.17. The molecule has 0 radical (unpaired) electrons. The van der Waals surface area contributed by atoms with Crippen LogP contribution in [-0.4, -0.2) is 58.8 Å². The van der Waals surface area contributed by atoms with E-state index in [1.807, 2.05) is 6.07 Å². The van der Waals surface area contributed by atoms with Crippen molar-refractivity contribution >= 4 is 27.6 Å². The van der Waals surface area contributed by atoms with E-state index in [1.54, 1.807) is 56.3 Å². The number of para-hydroxylation sites is 1. The molecule has 2 N–H and O–H groups in total. The van der Waals surface area contributed by atoms with Crippen molar-refractivity contribution in [3.8, 4) is 17.1 Å². The molecule has 0 saturated carbocycles. The largest absolute Gasteiger partial charge is 0.492 e. The maximum atomic E-state index is 12.8. The van der Waals surface area contributed by atoms with Gasteiger partial charge in [-0.3, -0.25) is 4.79 Å². The number of carbonyl (C=O) groups is 1. The molecule has 33 heavy (non-hydrogen) atoms. The van der Waals surface area contributed by atoms with Crippen molar-refractivity contribution in [1.29, 1.82) is 0 Å². The molecule has 1 aromatic heterocycles. The van der Waals surface area contributed by atoms with Crippen molar-refractivity contribution < 1.29 is 17.9 Å². The number of hydrogen-bond donors (Lipinski definition) is 1. The SMILES string of the molecule is CCN(CC)S(=O)(=O)c1cccc(-c2nnc(SCCOc3ccccc3C(C)=O)n2N)c1. The minimum absolute atomic E-state index is 0.0603. The van der Waals surface area contributed by atoms with Gasteiger partial charge in [0, 0.05) is 24.4 Å². The predicted molar refractivity (Wildman–Crippen MR) is 128 cm³/mol. The number of nitrogens with two attached hydrogens (primary N) is 1. The van der Waals surface area contributed by atoms with Crippen LogP contribution in [0, 0.1) is 0 Å². The summed E-state index contributed by atoms with van der Waals surface area (Å²) in [6.07, 6.45) is 0. The standard InChI is InChI=1S/C22H27N5O4S2/c1-4-26(5-2)33(29,30)18-10-8-9-17(15-18)21-24-25-22(27(21)23)32-14-13-31-20-12-7-6-11-19(20)16(3)28/h6-12,15H,4-5,13-14,23H2,1-3H3. The first kappa shape index (κ1) is 24.7. The zero-order valence-electron chi connectivity index (χ0n) is 18.8. The van der Waals surface area contributed by atoms with Crippen molar-refractivity contribution in [2.75, 3.05) is 31.3 Å². The van der Waals surface area contributed by atoms with Gasteiger partial charge >= 0.3 is 0 Å². The molecule has 11 heteroatoms. The number of aromatic nitrogens is 3. The molecule has 1 heterocycles. The lowest BCUT2D eigenvalue weighted by Gasteiger charge is -2.18. The van der Waals surface area contributed by atoms with E-state index in [9.17, 15) is 13.2 Å². The Morgan fingerprint density at radius 2 is 1.85 bits per heavy atom. The van der Waals surface area contributed by atoms with Crippen LogP contribution in [0.3, 0.4) is 0 Å². The molecule has 3 rings (SSSR count). The highest BCUT2D eigenvalue weighted by atomic mass is 32.2. The third-order valence-corrected chi connectivity index (χ3v) is 7.89. The normalized spacial score (nSPS) is 11.6. The summed E-state index contributed by atoms with van der Waals surface area (Å²) in [5.41, 5.74) is 1.09. The lowest BCUT2D eigenvalue weighted by atomic mass is 10.1. The Hall–Kier alpha value is -2.89. The van der Waals surface area contributed by atoms with E-state index in [1.165, 1.54) is 27.7 Å². The number of hydrogen-bond acceptors (Lipinski definition) is 8. The summed E-state index contributed by atoms with van der Waals surface area (Å²) in [5.74, 6) is 7.55. The maximum Gasteiger partial charge on any atom is 0.243 e. The van der Waals surface area contributed by atoms with Gasteiger partial charge in [0.1, 0.15) is 5.75 Å². The Labute approximate surface area is 198 Å². The van der Waals surface area contributed by atoms with Gasteiger partial charge in [-0.25, -0.2) is 13.1 Å². The Morgan fingerprint density at radius 1 is 1.12 bits per heavy atom. The van der Waals surface area contributed by atoms with E-state index in [0.29, 0.717) is 53.3 Å². The topological polar surface area (TPSA) is 120 Å². The van der Waals surface area contributed by atoms with E-state index in [2.05, 4.69) is 10.2 Å². The third kappa shape index (κ3) is 5.55. The van der Waals surface area contributed by atoms with Crippen molar-refractivity contribution in [2.45, 2.75) is 30.8 Å². The van der Waals surface area contributed by atoms with Gasteiger partial charge in [0.25, 0.3) is 0 Å². The molecule has 0 spiro atoms. The number of carbonyl (C=O) groups excluding carboxylic acids is 1. The summed E-state index contributed by atoms with van der Waals surface area (Å²) < 4.78 is 34.1. The van der Waals surface area contributed by atoms with Crippen LogP contribution in [0.5, 0.6) is 5.75 Å². The molecule has 0 atom stereocenters. The predicted octanol–water partition coefficient (Wildman–Crippen LogP) is 3.06. The van der Waals surface area contributed by atoms with Crippen molar-refractivity contribution in [3.05, 3.63) is 54.1 Å². The second kappa shape index (κ2) is 10.8. The van der Waals surface area contributed by atoms with E-state index in [0.717, 1.165) is 0 Å². The summed E-state index contributed by atoms with van der Waals surface area (Å²) in [6, 6.07) is 13.6. The van der Waals surface area contributed by atoms with Crippen LogP contribution in [0.15, 0.2) is 58.6 Å². The summed E-state index contributed by atoms with van der Waals surface area (Å²) >= 11 is 1.35. The van der Waals surface area contributed by atoms with Crippen molar-refractivity contribution in [3.63, 3.8) is 0 Å². The first-order valence-electron chi connectivity index (χ1n) is 10.5. The molecule has 3 aromatic rings. The van der Waals surface area contributed by atoms with Gasteiger partial charge in [0.15, 0.2) is 11.6 Å². The number of Topliss-reactive ketones (excluding diaryl/α,β-unsaturated/α-hetero) is 1. The summed E-state index contributed by atoms with van der Waals surface area (Å²) in [4.78, 5) is 11.9. The highest BCUT2D eigenvalue weighted by Gasteiger charge is 2.23. The second-order valence-corrected chi connectivity index (χ2v) is 10.0. The van der Waals surface area contributed by atoms with Crippen molar-refractivity contribution in [2.24, 2.45) is 0 Å². The van der Waals surface area contributed by atoms with Gasteiger partial charge in [0.2, 0.25) is 15.2 Å². The molecule has 0 fully saturated rings. The first-order chi connectivity index (χ1) is 15.8. The number of sulfonamides is 1. The highest BCUT2D eigenvalue weighted by Crippen LogP contribution is 2.25. The molecular weight excluding hydrogens is 462 g/mol. The molecule has 0 aliphatic rings. The number of rotatable bonds is 11. The van der Waals surface area contributed by atoms with Gasteiger partial charge in [-0.2, -0.15) is 4.31 Å². The lowest BCUT2D eigenvalue weighted by Crippen LogP contribution is -2.30. The zero-order chi connectivity index (χ0) is 24.0. The van der Waals surface area contributed by atoms with E-state index in [4.69, 9.17) is 10.6 Å². The van der Waals surface area contributed by atoms with Crippen LogP contribution in [0.25, 0.3) is 11.4 Å². The van der Waals surface area contributed by atoms with Crippen LogP contribution in [0.1, 0.15) is 31.1 Å². The molecule has 2 aromatic carbocycles. The fourth-order valence-electron chi connectivity index (χ4n) is 3.25. The van der Waals surface area contributed by atoms with Gasteiger partial charge in [-0.05, 0) is 31.2 Å². The Balaban J connectivity index is 1.70. The van der Waals surface area contributed by atoms with Gasteiger partial charge in [0.05, 0.1) is 17.1 Å². The van der Waals surface area contributed by atoms with E-state index >= 15 is 0 Å². The van der Waals surface area contributed by atoms with Crippen LogP contribution in [0.4, 0.5) is 0 Å². The fourth-order valence-corrected chi connectivity index (χ4v) is 5.43. The van der Waals surface area contributed by atoms with Crippen LogP contribution in [0.2, 0.25) is 0 Å². The number of nitrogens with zero attached hydrogens (tertiary/aromatic N) is 4. The van der Waals surface area contributed by atoms with Crippen LogP contribution >= 0.6 is 11.8 Å². The van der Waals surface area contributed by atoms with Crippen LogP contribution < -0.4 is 10.6 Å². The Kier molecular flexibility index (Phi) is 8.11. The van der Waals surface area contributed by atoms with E-state index in [-0.39, 0.29) is 10.7 Å². The minimum atomic E-state index is -3.60. The molecule has 0 aliphatic heterocycles. The number of ether oxygens (including phenoxy) is 1. The van der Waals surface area contributed by atoms with Crippen LogP contribution in [-0.2, 0) is 10.0 Å². The maximum absolute atomic E-state index is 12.8. The van der Waals surface area contributed by atoms with Gasteiger partial charge in [-0.15, -0.1) is 10.2 Å². The second-order valence-electron chi connectivity index (χ2n) is 7.04. The molecule has 0 saturated heterocycles. The van der Waals surface area contributed by atoms with Crippen molar-refractivity contribution in [1.82, 2.24) is 19.2 Å². The molecule has 0 amide bonds. The lowest BCUT2D eigenvalue weighted by molar-refractivity contribution is 0.101. The quantitative estimate of drug-likeness (QED) is 0.189. The Bertz CT molecular complexity index is 1220. The Morgan fingerprint density at radius 3 is 2.55 bits per heavy atom. The monoisotopic (exact) mass is 489 g/mol. The molecule has 9 nitrogen and oxygen atoms in total. The molecule has 0 bridgehead atoms. The van der Waals surface area contributed by atoms with E-state index < -0.39 is 10.0 Å². The number of thioether (sulfide) groups is 1. The van der Waals surface area contributed by atoms with Gasteiger partial charge < -0.3 is 10.6 Å². The summed E-state index contributed by atoms with van der Waals surface area (Å²) in [5, 5.41) is 8.73. The smallest absolute Gasteiger partial charge is 0.243 e. The number of ketones is 1. The molecule has 0 aliphatic carbocycles. The number of nitrogen functional groups attached to an aromatic ring is 1. The average molecular weight is 490 g/mol. The molecular formula is C22H27N5O4S2. The number of benzene rings is 2. The highest BCUT2D eigenvalue weighted by molar-refractivity contribution is 7.99. The summed E-state index contributed by atoms with van der Waals surface area (Å²) in [7, 11) is -3.60. The third-order valence-electron chi connectivity index (χ3n) is 4.94. The van der Waals surface area contributed by atoms with Gasteiger partial charge in [-0.1, -0.05) is 49.9 Å². The first-order valence-corrected chi connectivity index (χ1v) is 12.9. The fraction of sp³-hybridized carbons (Fsp3) is 0.318. The zero-order valence-corrected chi connectivity index (χ0v) is 20.4. The molecule has 0 unspecified atom stereocenters. The minimum Gasteiger partial charge on any atom is -0.492 e.